The van der Waals surface area contributed by atoms with E-state index in [1.54, 1.807) is 11.9 Å². The van der Waals surface area contributed by atoms with Crippen LogP contribution in [0.15, 0.2) is 48.7 Å². The zero-order chi connectivity index (χ0) is 17.6. The molecule has 25 heavy (non-hydrogen) atoms. The molecule has 0 radical (unpaired) electrons. The third-order valence-corrected chi connectivity index (χ3v) is 4.73. The number of amides is 1. The van der Waals surface area contributed by atoms with Gasteiger partial charge >= 0.3 is 5.97 Å². The summed E-state index contributed by atoms with van der Waals surface area (Å²) in [6, 6.07) is 13.2. The molecule has 4 rings (SSSR count). The second-order valence-corrected chi connectivity index (χ2v) is 6.19. The number of aromatic nitrogens is 1. The standard InChI is InChI=1S/C20H16N2O3/c1-22-18-6-3-12(10-14(18)4-7-19(22)23)13-2-5-17-16(11-13)15(20(24)25)8-9-21-17/h2-3,5-6,8-11H,4,7H2,1H3,(H,24,25). The van der Waals surface area contributed by atoms with Crippen molar-refractivity contribution in [2.24, 2.45) is 0 Å². The minimum Gasteiger partial charge on any atom is -0.478 e. The molecule has 0 unspecified atom stereocenters. The molecule has 0 bridgehead atoms. The van der Waals surface area contributed by atoms with Crippen LogP contribution in [0.3, 0.4) is 0 Å². The Balaban J connectivity index is 1.84. The zero-order valence-corrected chi connectivity index (χ0v) is 13.7. The van der Waals surface area contributed by atoms with E-state index in [1.807, 2.05) is 30.3 Å². The number of pyridine rings is 1. The van der Waals surface area contributed by atoms with E-state index in [4.69, 9.17) is 0 Å². The van der Waals surface area contributed by atoms with E-state index in [0.717, 1.165) is 28.8 Å². The third kappa shape index (κ3) is 2.54. The van der Waals surface area contributed by atoms with Crippen LogP contribution in [0.25, 0.3) is 22.0 Å². The average molecular weight is 332 g/mol. The fourth-order valence-electron chi connectivity index (χ4n) is 3.35. The van der Waals surface area contributed by atoms with Gasteiger partial charge in [0.25, 0.3) is 0 Å². The van der Waals surface area contributed by atoms with Gasteiger partial charge in [-0.1, -0.05) is 12.1 Å². The van der Waals surface area contributed by atoms with Crippen molar-refractivity contribution < 1.29 is 14.7 Å². The number of nitrogens with zero attached hydrogens (tertiary/aromatic N) is 2. The Kier molecular flexibility index (Phi) is 3.50. The number of hydrogen-bond acceptors (Lipinski definition) is 3. The maximum absolute atomic E-state index is 11.8. The molecular formula is C20H16N2O3. The van der Waals surface area contributed by atoms with Gasteiger partial charge in [0.15, 0.2) is 0 Å². The summed E-state index contributed by atoms with van der Waals surface area (Å²) in [5.74, 6) is -0.835. The number of aromatic carboxylic acids is 1. The van der Waals surface area contributed by atoms with E-state index in [1.165, 1.54) is 12.3 Å². The molecule has 2 aromatic carbocycles. The molecule has 124 valence electrons. The SMILES string of the molecule is CN1C(=O)CCc2cc(-c3ccc4nccc(C(=O)O)c4c3)ccc21. The van der Waals surface area contributed by atoms with Crippen molar-refractivity contribution in [1.82, 2.24) is 4.98 Å². The van der Waals surface area contributed by atoms with Gasteiger partial charge in [-0.25, -0.2) is 4.79 Å². The van der Waals surface area contributed by atoms with Crippen LogP contribution in [-0.2, 0) is 11.2 Å². The highest BCUT2D eigenvalue weighted by Crippen LogP contribution is 2.32. The van der Waals surface area contributed by atoms with Gasteiger partial charge in [0.1, 0.15) is 0 Å². The minimum absolute atomic E-state index is 0.128. The Hall–Kier alpha value is -3.21. The summed E-state index contributed by atoms with van der Waals surface area (Å²) in [5.41, 5.74) is 4.91. The van der Waals surface area contributed by atoms with Gasteiger partial charge in [-0.3, -0.25) is 9.78 Å². The molecule has 0 spiro atoms. The van der Waals surface area contributed by atoms with Gasteiger partial charge in [0.2, 0.25) is 5.91 Å². The number of rotatable bonds is 2. The lowest BCUT2D eigenvalue weighted by Gasteiger charge is -2.26. The van der Waals surface area contributed by atoms with Crippen molar-refractivity contribution in [2.75, 3.05) is 11.9 Å². The van der Waals surface area contributed by atoms with Crippen LogP contribution in [0.2, 0.25) is 0 Å². The second kappa shape index (κ2) is 5.70. The normalized spacial score (nSPS) is 13.8. The van der Waals surface area contributed by atoms with E-state index in [9.17, 15) is 14.7 Å². The lowest BCUT2D eigenvalue weighted by Crippen LogP contribution is -2.30. The van der Waals surface area contributed by atoms with Crippen LogP contribution >= 0.6 is 0 Å². The van der Waals surface area contributed by atoms with Gasteiger partial charge in [-0.15, -0.1) is 0 Å². The summed E-state index contributed by atoms with van der Waals surface area (Å²) in [5, 5.41) is 10.0. The first-order valence-corrected chi connectivity index (χ1v) is 8.06. The first-order chi connectivity index (χ1) is 12.0. The fraction of sp³-hybridized carbons (Fsp3) is 0.150. The predicted molar refractivity (Wildman–Crippen MR) is 95.9 cm³/mol. The number of aryl methyl sites for hydroxylation is 1. The molecule has 0 saturated heterocycles. The summed E-state index contributed by atoms with van der Waals surface area (Å²) in [6.45, 7) is 0. The third-order valence-electron chi connectivity index (χ3n) is 4.73. The molecule has 1 aliphatic heterocycles. The van der Waals surface area contributed by atoms with Crippen LogP contribution in [0.4, 0.5) is 5.69 Å². The molecule has 1 aliphatic rings. The topological polar surface area (TPSA) is 70.5 Å². The van der Waals surface area contributed by atoms with Crippen molar-refractivity contribution >= 4 is 28.5 Å². The van der Waals surface area contributed by atoms with Gasteiger partial charge in [0, 0.05) is 30.7 Å². The van der Waals surface area contributed by atoms with Crippen molar-refractivity contribution in [3.8, 4) is 11.1 Å². The van der Waals surface area contributed by atoms with Crippen LogP contribution < -0.4 is 4.90 Å². The largest absolute Gasteiger partial charge is 0.478 e. The molecule has 0 saturated carbocycles. The number of hydrogen-bond donors (Lipinski definition) is 1. The maximum Gasteiger partial charge on any atom is 0.336 e. The minimum atomic E-state index is -0.963. The average Bonchev–Trinajstić information content (AvgIpc) is 2.63. The molecule has 5 nitrogen and oxygen atoms in total. The number of fused-ring (bicyclic) bond motifs is 2. The van der Waals surface area contributed by atoms with Crippen molar-refractivity contribution in [2.45, 2.75) is 12.8 Å². The molecule has 1 aromatic heterocycles. The van der Waals surface area contributed by atoms with Gasteiger partial charge in [0.05, 0.1) is 11.1 Å². The van der Waals surface area contributed by atoms with E-state index in [-0.39, 0.29) is 11.5 Å². The first-order valence-electron chi connectivity index (χ1n) is 8.06. The fourth-order valence-corrected chi connectivity index (χ4v) is 3.35. The van der Waals surface area contributed by atoms with Crippen LogP contribution in [-0.4, -0.2) is 29.0 Å². The van der Waals surface area contributed by atoms with Crippen molar-refractivity contribution in [3.63, 3.8) is 0 Å². The second-order valence-electron chi connectivity index (χ2n) is 6.19. The van der Waals surface area contributed by atoms with E-state index >= 15 is 0 Å². The molecule has 0 fully saturated rings. The van der Waals surface area contributed by atoms with Gasteiger partial charge < -0.3 is 10.0 Å². The van der Waals surface area contributed by atoms with Crippen LogP contribution in [0.5, 0.6) is 0 Å². The Morgan fingerprint density at radius 3 is 2.64 bits per heavy atom. The molecule has 1 amide bonds. The molecule has 1 N–H and O–H groups in total. The summed E-state index contributed by atoms with van der Waals surface area (Å²) < 4.78 is 0. The Bertz CT molecular complexity index is 1030. The molecule has 2 heterocycles. The molecule has 0 atom stereocenters. The predicted octanol–water partition coefficient (Wildman–Crippen LogP) is 3.51. The number of anilines is 1. The number of carboxylic acids is 1. The van der Waals surface area contributed by atoms with Crippen LogP contribution in [0.1, 0.15) is 22.3 Å². The number of benzene rings is 2. The molecule has 5 heteroatoms. The Morgan fingerprint density at radius 1 is 1.08 bits per heavy atom. The van der Waals surface area contributed by atoms with Crippen LogP contribution in [0, 0.1) is 0 Å². The highest BCUT2D eigenvalue weighted by molar-refractivity contribution is 6.03. The van der Waals surface area contributed by atoms with E-state index < -0.39 is 5.97 Å². The van der Waals surface area contributed by atoms with E-state index in [2.05, 4.69) is 11.1 Å². The van der Waals surface area contributed by atoms with Crippen molar-refractivity contribution in [3.05, 3.63) is 59.8 Å². The zero-order valence-electron chi connectivity index (χ0n) is 13.7. The number of carboxylic acid groups (broad SMARTS) is 1. The van der Waals surface area contributed by atoms with Crippen molar-refractivity contribution in [1.29, 1.82) is 0 Å². The van der Waals surface area contributed by atoms with Gasteiger partial charge in [-0.2, -0.15) is 0 Å². The highest BCUT2D eigenvalue weighted by atomic mass is 16.4. The quantitative estimate of drug-likeness (QED) is 0.779. The van der Waals surface area contributed by atoms with E-state index in [0.29, 0.717) is 17.3 Å². The summed E-state index contributed by atoms with van der Waals surface area (Å²) in [4.78, 5) is 29.2. The van der Waals surface area contributed by atoms with Gasteiger partial charge in [-0.05, 0) is 53.4 Å². The summed E-state index contributed by atoms with van der Waals surface area (Å²) in [7, 11) is 1.79. The number of carbonyl (C=O) groups excluding carboxylic acids is 1. The Labute approximate surface area is 144 Å². The molecular weight excluding hydrogens is 316 g/mol. The monoisotopic (exact) mass is 332 g/mol. The molecule has 0 aliphatic carbocycles. The first kappa shape index (κ1) is 15.3. The highest BCUT2D eigenvalue weighted by Gasteiger charge is 2.21. The lowest BCUT2D eigenvalue weighted by atomic mass is 9.95. The smallest absolute Gasteiger partial charge is 0.336 e. The number of carbonyl (C=O) groups is 2. The summed E-state index contributed by atoms with van der Waals surface area (Å²) in [6.07, 6.45) is 2.75. The molecule has 3 aromatic rings. The summed E-state index contributed by atoms with van der Waals surface area (Å²) >= 11 is 0. The Morgan fingerprint density at radius 2 is 1.84 bits per heavy atom. The maximum atomic E-state index is 11.8. The lowest BCUT2D eigenvalue weighted by molar-refractivity contribution is -0.118.